The fraction of sp³-hybridized carbons (Fsp3) is 0.200. The van der Waals surface area contributed by atoms with Crippen LogP contribution in [0.1, 0.15) is 21.5 Å². The Morgan fingerprint density at radius 3 is 2.38 bits per heavy atom. The molecule has 0 saturated heterocycles. The minimum Gasteiger partial charge on any atom is -0.206 e. The molecule has 0 aliphatic rings. The maximum absolute atomic E-state index is 14.0. The zero-order valence-corrected chi connectivity index (χ0v) is 12.9. The molecule has 0 spiro atoms. The minimum atomic E-state index is -4.71. The van der Waals surface area contributed by atoms with Gasteiger partial charge in [-0.05, 0) is 30.2 Å². The van der Waals surface area contributed by atoms with Crippen molar-refractivity contribution in [1.29, 1.82) is 0 Å². The van der Waals surface area contributed by atoms with E-state index in [2.05, 4.69) is 15.9 Å². The summed E-state index contributed by atoms with van der Waals surface area (Å²) in [6, 6.07) is 10.2. The van der Waals surface area contributed by atoms with Crippen molar-refractivity contribution in [3.05, 3.63) is 70.0 Å². The molecule has 2 aromatic carbocycles. The van der Waals surface area contributed by atoms with E-state index in [1.165, 1.54) is 12.1 Å². The van der Waals surface area contributed by atoms with Gasteiger partial charge in [0.15, 0.2) is 0 Å². The van der Waals surface area contributed by atoms with E-state index in [4.69, 9.17) is 11.6 Å². The van der Waals surface area contributed by atoms with Crippen molar-refractivity contribution in [3.8, 4) is 0 Å². The predicted octanol–water partition coefficient (Wildman–Crippen LogP) is 6.18. The lowest BCUT2D eigenvalue weighted by molar-refractivity contribution is -0.140. The normalized spacial score (nSPS) is 13.2. The number of halogens is 6. The average molecular weight is 382 g/mol. The van der Waals surface area contributed by atoms with E-state index in [-0.39, 0.29) is 5.56 Å². The Hall–Kier alpha value is -1.07. The Kier molecular flexibility index (Phi) is 4.94. The van der Waals surface area contributed by atoms with Crippen molar-refractivity contribution in [3.63, 3.8) is 0 Å². The molecule has 0 fully saturated rings. The van der Waals surface area contributed by atoms with Crippen molar-refractivity contribution in [1.82, 2.24) is 0 Å². The molecule has 2 aromatic rings. The fourth-order valence-electron chi connectivity index (χ4n) is 1.99. The zero-order valence-electron chi connectivity index (χ0n) is 10.6. The van der Waals surface area contributed by atoms with E-state index < -0.39 is 22.4 Å². The van der Waals surface area contributed by atoms with Gasteiger partial charge in [-0.2, -0.15) is 13.2 Å². The largest absolute Gasteiger partial charge is 0.419 e. The number of alkyl halides is 4. The third kappa shape index (κ3) is 3.98. The first-order valence-corrected chi connectivity index (χ1v) is 7.32. The van der Waals surface area contributed by atoms with Crippen molar-refractivity contribution in [2.45, 2.75) is 17.4 Å². The molecular weight excluding hydrogens is 372 g/mol. The summed E-state index contributed by atoms with van der Waals surface area (Å²) in [5.74, 6) is -1.24. The van der Waals surface area contributed by atoms with Crippen LogP contribution in [-0.4, -0.2) is 0 Å². The number of benzene rings is 2. The molecule has 0 aliphatic heterocycles. The zero-order chi connectivity index (χ0) is 15.6. The lowest BCUT2D eigenvalue weighted by atomic mass is 10.0. The van der Waals surface area contributed by atoms with Crippen LogP contribution >= 0.6 is 27.5 Å². The summed E-state index contributed by atoms with van der Waals surface area (Å²) < 4.78 is 52.1. The lowest BCUT2D eigenvalue weighted by Crippen LogP contribution is -2.11. The molecule has 0 nitrogen and oxygen atoms in total. The highest BCUT2D eigenvalue weighted by atomic mass is 79.9. The van der Waals surface area contributed by atoms with Crippen LogP contribution in [0, 0.1) is 5.82 Å². The molecule has 0 saturated carbocycles. The summed E-state index contributed by atoms with van der Waals surface area (Å²) in [5.41, 5.74) is -0.471. The molecule has 21 heavy (non-hydrogen) atoms. The van der Waals surface area contributed by atoms with Crippen LogP contribution in [0.4, 0.5) is 17.6 Å². The summed E-state index contributed by atoms with van der Waals surface area (Å²) in [6.45, 7) is 0. The maximum Gasteiger partial charge on any atom is 0.419 e. The molecule has 0 aliphatic carbocycles. The molecule has 0 aromatic heterocycles. The quantitative estimate of drug-likeness (QED) is 0.440. The summed E-state index contributed by atoms with van der Waals surface area (Å²) >= 11 is 9.10. The van der Waals surface area contributed by atoms with Crippen LogP contribution < -0.4 is 0 Å². The molecule has 112 valence electrons. The third-order valence-corrected chi connectivity index (χ3v) is 4.03. The highest BCUT2D eigenvalue weighted by Gasteiger charge is 2.35. The molecule has 0 bridgehead atoms. The third-order valence-electron chi connectivity index (χ3n) is 2.98. The van der Waals surface area contributed by atoms with Gasteiger partial charge in [-0.1, -0.05) is 51.8 Å². The molecule has 1 atom stereocenters. The molecule has 0 heterocycles. The second kappa shape index (κ2) is 6.36. The Labute approximate surface area is 132 Å². The Morgan fingerprint density at radius 2 is 1.76 bits per heavy atom. The van der Waals surface area contributed by atoms with E-state index in [1.807, 2.05) is 0 Å². The first kappa shape index (κ1) is 16.3. The van der Waals surface area contributed by atoms with Gasteiger partial charge >= 0.3 is 6.18 Å². The SMILES string of the molecule is Fc1c(C(Br)Cc2cccc(Cl)c2)cccc1C(F)(F)F. The highest BCUT2D eigenvalue weighted by Crippen LogP contribution is 2.37. The van der Waals surface area contributed by atoms with Crippen LogP contribution in [-0.2, 0) is 12.6 Å². The fourth-order valence-corrected chi connectivity index (χ4v) is 2.93. The second-order valence-corrected chi connectivity index (χ2v) is 6.05. The summed E-state index contributed by atoms with van der Waals surface area (Å²) in [5, 5.41) is 0.525. The van der Waals surface area contributed by atoms with E-state index >= 15 is 0 Å². The Morgan fingerprint density at radius 1 is 1.10 bits per heavy atom. The van der Waals surface area contributed by atoms with Crippen LogP contribution in [0.3, 0.4) is 0 Å². The van der Waals surface area contributed by atoms with Crippen molar-refractivity contribution < 1.29 is 17.6 Å². The summed E-state index contributed by atoms with van der Waals surface area (Å²) in [4.78, 5) is -0.571. The first-order valence-electron chi connectivity index (χ1n) is 6.03. The minimum absolute atomic E-state index is 0.0233. The van der Waals surface area contributed by atoms with Crippen molar-refractivity contribution >= 4 is 27.5 Å². The van der Waals surface area contributed by atoms with E-state index in [0.717, 1.165) is 11.6 Å². The van der Waals surface area contributed by atoms with E-state index in [9.17, 15) is 17.6 Å². The summed E-state index contributed by atoms with van der Waals surface area (Å²) in [7, 11) is 0. The molecule has 0 amide bonds. The maximum atomic E-state index is 14.0. The van der Waals surface area contributed by atoms with Crippen LogP contribution in [0.25, 0.3) is 0 Å². The van der Waals surface area contributed by atoms with Crippen LogP contribution in [0.15, 0.2) is 42.5 Å². The van der Waals surface area contributed by atoms with Gasteiger partial charge in [0, 0.05) is 15.4 Å². The highest BCUT2D eigenvalue weighted by molar-refractivity contribution is 9.09. The molecule has 1 unspecified atom stereocenters. The topological polar surface area (TPSA) is 0 Å². The standard InChI is InChI=1S/C15H10BrClF4/c16-13(8-9-3-1-4-10(17)7-9)11-5-2-6-12(14(11)18)15(19,20)21/h1-7,13H,8H2. The Bertz CT molecular complexity index is 640. The van der Waals surface area contributed by atoms with Gasteiger partial charge in [-0.25, -0.2) is 4.39 Å². The van der Waals surface area contributed by atoms with Gasteiger partial charge in [0.1, 0.15) is 5.82 Å². The van der Waals surface area contributed by atoms with Gasteiger partial charge in [-0.15, -0.1) is 0 Å². The van der Waals surface area contributed by atoms with Gasteiger partial charge in [0.2, 0.25) is 0 Å². The Balaban J connectivity index is 2.30. The smallest absolute Gasteiger partial charge is 0.206 e. The summed E-state index contributed by atoms with van der Waals surface area (Å²) in [6.07, 6.45) is -4.37. The van der Waals surface area contributed by atoms with Gasteiger partial charge < -0.3 is 0 Å². The van der Waals surface area contributed by atoms with Gasteiger partial charge in [0.25, 0.3) is 0 Å². The molecular formula is C15H10BrClF4. The van der Waals surface area contributed by atoms with Crippen molar-refractivity contribution in [2.75, 3.05) is 0 Å². The molecule has 2 rings (SSSR count). The monoisotopic (exact) mass is 380 g/mol. The molecule has 0 radical (unpaired) electrons. The molecule has 0 N–H and O–H groups in total. The van der Waals surface area contributed by atoms with Gasteiger partial charge in [-0.3, -0.25) is 0 Å². The van der Waals surface area contributed by atoms with Crippen LogP contribution in [0.2, 0.25) is 5.02 Å². The second-order valence-electron chi connectivity index (χ2n) is 4.51. The molecule has 6 heteroatoms. The van der Waals surface area contributed by atoms with Crippen molar-refractivity contribution in [2.24, 2.45) is 0 Å². The van der Waals surface area contributed by atoms with Crippen LogP contribution in [0.5, 0.6) is 0 Å². The number of rotatable bonds is 3. The van der Waals surface area contributed by atoms with Gasteiger partial charge in [0.05, 0.1) is 5.56 Å². The predicted molar refractivity (Wildman–Crippen MR) is 78.2 cm³/mol. The average Bonchev–Trinajstić information content (AvgIpc) is 2.37. The number of hydrogen-bond acceptors (Lipinski definition) is 0. The lowest BCUT2D eigenvalue weighted by Gasteiger charge is -2.15. The van der Waals surface area contributed by atoms with E-state index in [1.54, 1.807) is 24.3 Å². The number of hydrogen-bond donors (Lipinski definition) is 0. The first-order chi connectivity index (χ1) is 9.79. The van der Waals surface area contributed by atoms with E-state index in [0.29, 0.717) is 11.4 Å².